The molecule has 0 fully saturated rings. The quantitative estimate of drug-likeness (QED) is 0.469. The number of ether oxygens (including phenoxy) is 2. The van der Waals surface area contributed by atoms with Gasteiger partial charge in [0.25, 0.3) is 0 Å². The Labute approximate surface area is 107 Å². The molecule has 102 valence electrons. The zero-order valence-corrected chi connectivity index (χ0v) is 11.6. The Morgan fingerprint density at radius 2 is 2.12 bits per heavy atom. The number of hydrogen-bond donors (Lipinski definition) is 2. The predicted molar refractivity (Wildman–Crippen MR) is 68.8 cm³/mol. The summed E-state index contributed by atoms with van der Waals surface area (Å²) in [5.74, 6) is 0.534. The van der Waals surface area contributed by atoms with Gasteiger partial charge in [-0.05, 0) is 6.92 Å². The molecule has 0 aliphatic heterocycles. The molecule has 0 radical (unpaired) electrons. The number of carbonyl (C=O) groups excluding carboxylic acids is 1. The molecule has 0 aliphatic carbocycles. The van der Waals surface area contributed by atoms with Crippen molar-refractivity contribution in [1.29, 1.82) is 0 Å². The third-order valence-electron chi connectivity index (χ3n) is 2.18. The van der Waals surface area contributed by atoms with Crippen molar-refractivity contribution in [1.82, 2.24) is 0 Å². The van der Waals surface area contributed by atoms with E-state index in [1.807, 2.05) is 20.8 Å². The molecule has 0 aromatic rings. The van der Waals surface area contributed by atoms with Gasteiger partial charge >= 0.3 is 0 Å². The van der Waals surface area contributed by atoms with Crippen LogP contribution in [0.4, 0.5) is 0 Å². The molecule has 0 spiro atoms. The zero-order valence-electron chi connectivity index (χ0n) is 10.8. The lowest BCUT2D eigenvalue weighted by atomic mass is 9.96. The molecule has 0 heterocycles. The zero-order chi connectivity index (χ0) is 13.3. The molecule has 0 aliphatic rings. The summed E-state index contributed by atoms with van der Waals surface area (Å²) in [5, 5.41) is 8.95. The summed E-state index contributed by atoms with van der Waals surface area (Å²) in [6, 6.07) is 0. The lowest BCUT2D eigenvalue weighted by Crippen LogP contribution is -2.31. The SMILES string of the molecule is CCOC(CO)OCCSC(=O)C(C)(C)CN. The fourth-order valence-electron chi connectivity index (χ4n) is 0.932. The first kappa shape index (κ1) is 16.9. The maximum Gasteiger partial charge on any atom is 0.195 e. The summed E-state index contributed by atoms with van der Waals surface area (Å²) in [5.41, 5.74) is 5.00. The number of aliphatic hydroxyl groups is 1. The van der Waals surface area contributed by atoms with Crippen molar-refractivity contribution in [3.05, 3.63) is 0 Å². The normalized spacial score (nSPS) is 13.7. The molecule has 0 aromatic heterocycles. The molecule has 3 N–H and O–H groups in total. The number of aliphatic hydroxyl groups excluding tert-OH is 1. The Balaban J connectivity index is 3.74. The number of carbonyl (C=O) groups is 1. The van der Waals surface area contributed by atoms with Crippen LogP contribution < -0.4 is 5.73 Å². The lowest BCUT2D eigenvalue weighted by molar-refractivity contribution is -0.156. The molecule has 0 rings (SSSR count). The van der Waals surface area contributed by atoms with Crippen LogP contribution in [0.2, 0.25) is 0 Å². The van der Waals surface area contributed by atoms with E-state index >= 15 is 0 Å². The highest BCUT2D eigenvalue weighted by Crippen LogP contribution is 2.22. The molecule has 1 atom stereocenters. The second-order valence-corrected chi connectivity index (χ2v) is 5.23. The molecule has 0 saturated carbocycles. The monoisotopic (exact) mass is 265 g/mol. The van der Waals surface area contributed by atoms with E-state index in [0.717, 1.165) is 0 Å². The highest BCUT2D eigenvalue weighted by molar-refractivity contribution is 8.13. The minimum Gasteiger partial charge on any atom is -0.391 e. The third kappa shape index (κ3) is 7.00. The summed E-state index contributed by atoms with van der Waals surface area (Å²) in [6.45, 7) is 6.46. The molecule has 17 heavy (non-hydrogen) atoms. The van der Waals surface area contributed by atoms with Crippen molar-refractivity contribution < 1.29 is 19.4 Å². The van der Waals surface area contributed by atoms with E-state index in [0.29, 0.717) is 25.5 Å². The van der Waals surface area contributed by atoms with Gasteiger partial charge < -0.3 is 20.3 Å². The second kappa shape index (κ2) is 8.88. The molecule has 0 saturated heterocycles. The Hall–Kier alpha value is -0.140. The summed E-state index contributed by atoms with van der Waals surface area (Å²) in [6.07, 6.45) is -0.599. The lowest BCUT2D eigenvalue weighted by Gasteiger charge is -2.20. The van der Waals surface area contributed by atoms with Gasteiger partial charge in [0.2, 0.25) is 0 Å². The summed E-state index contributed by atoms with van der Waals surface area (Å²) < 4.78 is 10.4. The Bertz CT molecular complexity index is 224. The summed E-state index contributed by atoms with van der Waals surface area (Å²) in [4.78, 5) is 11.7. The molecule has 0 aromatic carbocycles. The van der Waals surface area contributed by atoms with Crippen LogP contribution in [0, 0.1) is 5.41 Å². The van der Waals surface area contributed by atoms with Gasteiger partial charge in [-0.3, -0.25) is 4.79 Å². The van der Waals surface area contributed by atoms with Crippen molar-refractivity contribution in [3.8, 4) is 0 Å². The fourth-order valence-corrected chi connectivity index (χ4v) is 1.77. The van der Waals surface area contributed by atoms with E-state index in [4.69, 9.17) is 20.3 Å². The molecule has 0 amide bonds. The highest BCUT2D eigenvalue weighted by atomic mass is 32.2. The van der Waals surface area contributed by atoms with Gasteiger partial charge in [0, 0.05) is 24.3 Å². The topological polar surface area (TPSA) is 81.8 Å². The molecule has 5 nitrogen and oxygen atoms in total. The maximum absolute atomic E-state index is 11.7. The van der Waals surface area contributed by atoms with E-state index in [2.05, 4.69) is 0 Å². The van der Waals surface area contributed by atoms with Crippen LogP contribution in [0.1, 0.15) is 20.8 Å². The first-order chi connectivity index (χ1) is 7.97. The van der Waals surface area contributed by atoms with Gasteiger partial charge in [-0.15, -0.1) is 0 Å². The third-order valence-corrected chi connectivity index (χ3v) is 3.37. The first-order valence-electron chi connectivity index (χ1n) is 5.69. The van der Waals surface area contributed by atoms with Crippen molar-refractivity contribution >= 4 is 16.9 Å². The van der Waals surface area contributed by atoms with Gasteiger partial charge in [-0.25, -0.2) is 0 Å². The standard InChI is InChI=1S/C11H23NO4S/c1-4-15-9(7-13)16-5-6-17-10(14)11(2,3)8-12/h9,13H,4-8,12H2,1-3H3. The molecule has 1 unspecified atom stereocenters. The number of nitrogens with two attached hydrogens (primary N) is 1. The van der Waals surface area contributed by atoms with Crippen molar-refractivity contribution in [2.75, 3.05) is 32.1 Å². The predicted octanol–water partition coefficient (Wildman–Crippen LogP) is 0.603. The van der Waals surface area contributed by atoms with Gasteiger partial charge in [0.1, 0.15) is 0 Å². The average molecular weight is 265 g/mol. The van der Waals surface area contributed by atoms with Crippen molar-refractivity contribution in [2.24, 2.45) is 11.1 Å². The Morgan fingerprint density at radius 1 is 1.47 bits per heavy atom. The smallest absolute Gasteiger partial charge is 0.195 e. The second-order valence-electron chi connectivity index (χ2n) is 4.16. The minimum absolute atomic E-state index is 0.0561. The summed E-state index contributed by atoms with van der Waals surface area (Å²) >= 11 is 1.20. The highest BCUT2D eigenvalue weighted by Gasteiger charge is 2.25. The Kier molecular flexibility index (Phi) is 8.81. The Morgan fingerprint density at radius 3 is 2.59 bits per heavy atom. The largest absolute Gasteiger partial charge is 0.391 e. The van der Waals surface area contributed by atoms with Crippen LogP contribution in [0.3, 0.4) is 0 Å². The van der Waals surface area contributed by atoms with E-state index < -0.39 is 11.7 Å². The van der Waals surface area contributed by atoms with E-state index in [1.54, 1.807) is 0 Å². The minimum atomic E-state index is -0.599. The van der Waals surface area contributed by atoms with Crippen LogP contribution in [-0.4, -0.2) is 48.6 Å². The molecule has 0 bridgehead atoms. The number of rotatable bonds is 9. The first-order valence-corrected chi connectivity index (χ1v) is 6.67. The van der Waals surface area contributed by atoms with Crippen molar-refractivity contribution in [2.45, 2.75) is 27.1 Å². The van der Waals surface area contributed by atoms with Crippen molar-refractivity contribution in [3.63, 3.8) is 0 Å². The average Bonchev–Trinajstić information content (AvgIpc) is 2.32. The van der Waals surface area contributed by atoms with Gasteiger partial charge in [0.05, 0.1) is 13.2 Å². The molecular formula is C11H23NO4S. The van der Waals surface area contributed by atoms with Crippen LogP contribution in [-0.2, 0) is 14.3 Å². The van der Waals surface area contributed by atoms with E-state index in [-0.39, 0.29) is 11.7 Å². The summed E-state index contributed by atoms with van der Waals surface area (Å²) in [7, 11) is 0. The van der Waals surface area contributed by atoms with Gasteiger partial charge in [-0.2, -0.15) is 0 Å². The van der Waals surface area contributed by atoms with Gasteiger partial charge in [0.15, 0.2) is 11.4 Å². The number of thioether (sulfide) groups is 1. The van der Waals surface area contributed by atoms with Crippen LogP contribution in [0.5, 0.6) is 0 Å². The fraction of sp³-hybridized carbons (Fsp3) is 0.909. The van der Waals surface area contributed by atoms with Crippen LogP contribution >= 0.6 is 11.8 Å². The molecular weight excluding hydrogens is 242 g/mol. The molecule has 6 heteroatoms. The number of hydrogen-bond acceptors (Lipinski definition) is 6. The van der Waals surface area contributed by atoms with Crippen LogP contribution in [0.25, 0.3) is 0 Å². The van der Waals surface area contributed by atoms with Gasteiger partial charge in [-0.1, -0.05) is 25.6 Å². The maximum atomic E-state index is 11.7. The van der Waals surface area contributed by atoms with E-state index in [1.165, 1.54) is 11.8 Å². The van der Waals surface area contributed by atoms with E-state index in [9.17, 15) is 4.79 Å². The van der Waals surface area contributed by atoms with Crippen LogP contribution in [0.15, 0.2) is 0 Å².